The fourth-order valence-corrected chi connectivity index (χ4v) is 3.35. The SMILES string of the molecule is Cc1nc(C(=O)N2CCCN(Cc3cnn(C)c3)CC2)cs1. The van der Waals surface area contributed by atoms with Gasteiger partial charge < -0.3 is 4.90 Å². The lowest BCUT2D eigenvalue weighted by Gasteiger charge is -2.21. The van der Waals surface area contributed by atoms with Gasteiger partial charge in [0, 0.05) is 56.9 Å². The molecule has 118 valence electrons. The Hall–Kier alpha value is -1.73. The first-order valence-corrected chi connectivity index (χ1v) is 8.41. The average molecular weight is 319 g/mol. The number of hydrogen-bond acceptors (Lipinski definition) is 5. The van der Waals surface area contributed by atoms with Gasteiger partial charge in [0.05, 0.1) is 11.2 Å². The van der Waals surface area contributed by atoms with E-state index in [0.29, 0.717) is 5.69 Å². The van der Waals surface area contributed by atoms with Crippen molar-refractivity contribution in [2.45, 2.75) is 19.9 Å². The molecule has 3 rings (SSSR count). The van der Waals surface area contributed by atoms with Crippen LogP contribution in [-0.4, -0.2) is 56.7 Å². The highest BCUT2D eigenvalue weighted by Crippen LogP contribution is 2.13. The molecule has 0 unspecified atom stereocenters. The second-order valence-electron chi connectivity index (χ2n) is 5.70. The third-order valence-electron chi connectivity index (χ3n) is 3.88. The highest BCUT2D eigenvalue weighted by atomic mass is 32.1. The van der Waals surface area contributed by atoms with Crippen molar-refractivity contribution in [2.75, 3.05) is 26.2 Å². The van der Waals surface area contributed by atoms with Crippen LogP contribution in [0.4, 0.5) is 0 Å². The molecule has 0 aromatic carbocycles. The Bertz CT molecular complexity index is 650. The molecule has 1 saturated heterocycles. The largest absolute Gasteiger partial charge is 0.336 e. The summed E-state index contributed by atoms with van der Waals surface area (Å²) in [5.41, 5.74) is 1.81. The third-order valence-corrected chi connectivity index (χ3v) is 4.65. The second kappa shape index (κ2) is 6.58. The molecule has 0 atom stereocenters. The van der Waals surface area contributed by atoms with Gasteiger partial charge in [-0.2, -0.15) is 5.10 Å². The summed E-state index contributed by atoms with van der Waals surface area (Å²) in [7, 11) is 1.93. The van der Waals surface area contributed by atoms with E-state index < -0.39 is 0 Å². The van der Waals surface area contributed by atoms with Crippen molar-refractivity contribution >= 4 is 17.2 Å². The van der Waals surface area contributed by atoms with E-state index >= 15 is 0 Å². The summed E-state index contributed by atoms with van der Waals surface area (Å²) in [5, 5.41) is 7.01. The number of amides is 1. The lowest BCUT2D eigenvalue weighted by Crippen LogP contribution is -2.35. The monoisotopic (exact) mass is 319 g/mol. The standard InChI is InChI=1S/C15H21N5OS/c1-12-17-14(11-22-12)15(21)20-5-3-4-19(6-7-20)10-13-8-16-18(2)9-13/h8-9,11H,3-7,10H2,1-2H3. The van der Waals surface area contributed by atoms with Crippen molar-refractivity contribution in [1.82, 2.24) is 24.6 Å². The van der Waals surface area contributed by atoms with E-state index in [1.807, 2.05) is 41.3 Å². The van der Waals surface area contributed by atoms with Crippen molar-refractivity contribution in [2.24, 2.45) is 7.05 Å². The molecule has 2 aromatic heterocycles. The zero-order chi connectivity index (χ0) is 15.5. The van der Waals surface area contributed by atoms with Crippen molar-refractivity contribution in [3.63, 3.8) is 0 Å². The number of rotatable bonds is 3. The number of aryl methyl sites for hydroxylation is 2. The van der Waals surface area contributed by atoms with E-state index in [9.17, 15) is 4.79 Å². The molecule has 0 spiro atoms. The Morgan fingerprint density at radius 1 is 1.32 bits per heavy atom. The molecule has 0 radical (unpaired) electrons. The van der Waals surface area contributed by atoms with E-state index in [4.69, 9.17) is 0 Å². The maximum absolute atomic E-state index is 12.5. The van der Waals surface area contributed by atoms with Gasteiger partial charge in [0.2, 0.25) is 0 Å². The Balaban J connectivity index is 1.58. The molecule has 1 aliphatic heterocycles. The van der Waals surface area contributed by atoms with Gasteiger partial charge in [-0.05, 0) is 13.3 Å². The average Bonchev–Trinajstić information content (AvgIpc) is 3.02. The molecular formula is C15H21N5OS. The predicted octanol–water partition coefficient (Wildman–Crippen LogP) is 1.53. The van der Waals surface area contributed by atoms with Crippen molar-refractivity contribution < 1.29 is 4.79 Å². The first kappa shape index (κ1) is 15.2. The summed E-state index contributed by atoms with van der Waals surface area (Å²) < 4.78 is 1.83. The summed E-state index contributed by atoms with van der Waals surface area (Å²) in [4.78, 5) is 21.1. The van der Waals surface area contributed by atoms with Crippen LogP contribution in [0.1, 0.15) is 27.5 Å². The third kappa shape index (κ3) is 3.53. The number of nitrogens with zero attached hydrogens (tertiary/aromatic N) is 5. The van der Waals surface area contributed by atoms with Gasteiger partial charge in [-0.15, -0.1) is 11.3 Å². The van der Waals surface area contributed by atoms with Crippen LogP contribution >= 0.6 is 11.3 Å². The molecular weight excluding hydrogens is 298 g/mol. The highest BCUT2D eigenvalue weighted by molar-refractivity contribution is 7.09. The van der Waals surface area contributed by atoms with E-state index in [-0.39, 0.29) is 5.91 Å². The molecule has 1 fully saturated rings. The molecule has 0 aliphatic carbocycles. The van der Waals surface area contributed by atoms with E-state index in [0.717, 1.165) is 44.2 Å². The fourth-order valence-electron chi connectivity index (χ4n) is 2.77. The predicted molar refractivity (Wildman–Crippen MR) is 85.9 cm³/mol. The summed E-state index contributed by atoms with van der Waals surface area (Å²) in [5.74, 6) is 0.0626. The number of carbonyl (C=O) groups is 1. The Morgan fingerprint density at radius 2 is 2.18 bits per heavy atom. The van der Waals surface area contributed by atoms with Gasteiger partial charge in [0.1, 0.15) is 5.69 Å². The van der Waals surface area contributed by atoms with Crippen LogP contribution in [0.5, 0.6) is 0 Å². The van der Waals surface area contributed by atoms with E-state index in [1.54, 1.807) is 0 Å². The van der Waals surface area contributed by atoms with Crippen LogP contribution in [0, 0.1) is 6.92 Å². The normalized spacial score (nSPS) is 16.7. The van der Waals surface area contributed by atoms with Crippen LogP contribution < -0.4 is 0 Å². The topological polar surface area (TPSA) is 54.3 Å². The van der Waals surface area contributed by atoms with Gasteiger partial charge in [0.25, 0.3) is 5.91 Å². The number of aromatic nitrogens is 3. The molecule has 7 heteroatoms. The van der Waals surface area contributed by atoms with Gasteiger partial charge >= 0.3 is 0 Å². The zero-order valence-corrected chi connectivity index (χ0v) is 13.8. The van der Waals surface area contributed by atoms with Crippen LogP contribution in [0.3, 0.4) is 0 Å². The second-order valence-corrected chi connectivity index (χ2v) is 6.76. The smallest absolute Gasteiger partial charge is 0.273 e. The molecule has 1 amide bonds. The first-order valence-electron chi connectivity index (χ1n) is 7.53. The summed E-state index contributed by atoms with van der Waals surface area (Å²) >= 11 is 1.53. The molecule has 2 aromatic rings. The number of thiazole rings is 1. The van der Waals surface area contributed by atoms with Crippen LogP contribution in [0.25, 0.3) is 0 Å². The molecule has 0 saturated carbocycles. The molecule has 1 aliphatic rings. The van der Waals surface area contributed by atoms with Crippen LogP contribution in [0.15, 0.2) is 17.8 Å². The van der Waals surface area contributed by atoms with E-state index in [2.05, 4.69) is 15.0 Å². The molecule has 0 N–H and O–H groups in total. The Labute approximate surface area is 134 Å². The molecule has 0 bridgehead atoms. The minimum absolute atomic E-state index is 0.0626. The summed E-state index contributed by atoms with van der Waals surface area (Å²) in [6.45, 7) is 6.29. The summed E-state index contributed by atoms with van der Waals surface area (Å²) in [6, 6.07) is 0. The molecule has 3 heterocycles. The fraction of sp³-hybridized carbons (Fsp3) is 0.533. The number of carbonyl (C=O) groups excluding carboxylic acids is 1. The van der Waals surface area contributed by atoms with E-state index in [1.165, 1.54) is 16.9 Å². The Kier molecular flexibility index (Phi) is 4.54. The van der Waals surface area contributed by atoms with Gasteiger partial charge in [0.15, 0.2) is 0 Å². The maximum Gasteiger partial charge on any atom is 0.273 e. The minimum Gasteiger partial charge on any atom is -0.336 e. The maximum atomic E-state index is 12.5. The van der Waals surface area contributed by atoms with Crippen LogP contribution in [0.2, 0.25) is 0 Å². The van der Waals surface area contributed by atoms with Gasteiger partial charge in [-0.25, -0.2) is 4.98 Å². The lowest BCUT2D eigenvalue weighted by atomic mass is 10.3. The molecule has 22 heavy (non-hydrogen) atoms. The van der Waals surface area contributed by atoms with Crippen molar-refractivity contribution in [3.8, 4) is 0 Å². The number of hydrogen-bond donors (Lipinski definition) is 0. The first-order chi connectivity index (χ1) is 10.6. The lowest BCUT2D eigenvalue weighted by molar-refractivity contribution is 0.0756. The van der Waals surface area contributed by atoms with Crippen LogP contribution in [-0.2, 0) is 13.6 Å². The molecule has 6 nitrogen and oxygen atoms in total. The van der Waals surface area contributed by atoms with Gasteiger partial charge in [-0.1, -0.05) is 0 Å². The van der Waals surface area contributed by atoms with Crippen molar-refractivity contribution in [3.05, 3.63) is 34.0 Å². The zero-order valence-electron chi connectivity index (χ0n) is 13.0. The van der Waals surface area contributed by atoms with Crippen molar-refractivity contribution in [1.29, 1.82) is 0 Å². The van der Waals surface area contributed by atoms with Gasteiger partial charge in [-0.3, -0.25) is 14.4 Å². The summed E-state index contributed by atoms with van der Waals surface area (Å²) in [6.07, 6.45) is 4.95. The quantitative estimate of drug-likeness (QED) is 0.861. The Morgan fingerprint density at radius 3 is 2.86 bits per heavy atom. The minimum atomic E-state index is 0.0626. The highest BCUT2D eigenvalue weighted by Gasteiger charge is 2.22.